The summed E-state index contributed by atoms with van der Waals surface area (Å²) in [5.74, 6) is -2.11. The van der Waals surface area contributed by atoms with Crippen LogP contribution < -0.4 is 22.1 Å². The monoisotopic (exact) mass is 738 g/mol. The summed E-state index contributed by atoms with van der Waals surface area (Å²) in [5, 5.41) is 35.3. The summed E-state index contributed by atoms with van der Waals surface area (Å²) in [6, 6.07) is 0. The SMILES string of the molecule is CO[C@@H](/C=C/C=C(/C)C(N)=O)[C@@H](OC(N)=O)/C(C)=C/[C@H](C)[C@@H](O)[C@H](C[C@H](C)CC1=C(NCCOCCO)C(=O)C=C(NCCOCCO)C1=O)OC. The van der Waals surface area contributed by atoms with Crippen LogP contribution in [0, 0.1) is 11.8 Å². The van der Waals surface area contributed by atoms with Crippen LogP contribution in [0.3, 0.4) is 0 Å². The second-order valence-electron chi connectivity index (χ2n) is 12.4. The first kappa shape index (κ1) is 46.1. The first-order chi connectivity index (χ1) is 24.7. The number of nitrogens with two attached hydrogens (primary N) is 2. The highest BCUT2D eigenvalue weighted by molar-refractivity contribution is 6.22. The van der Waals surface area contributed by atoms with Gasteiger partial charge >= 0.3 is 6.09 Å². The Morgan fingerprint density at radius 1 is 0.942 bits per heavy atom. The number of amides is 2. The summed E-state index contributed by atoms with van der Waals surface area (Å²) in [7, 11) is 2.88. The molecule has 0 saturated carbocycles. The van der Waals surface area contributed by atoms with Gasteiger partial charge in [-0.05, 0) is 38.2 Å². The highest BCUT2D eigenvalue weighted by Gasteiger charge is 2.32. The van der Waals surface area contributed by atoms with E-state index in [0.717, 1.165) is 0 Å². The van der Waals surface area contributed by atoms with Crippen LogP contribution in [-0.4, -0.2) is 130 Å². The van der Waals surface area contributed by atoms with Crippen molar-refractivity contribution in [3.05, 3.63) is 58.5 Å². The van der Waals surface area contributed by atoms with E-state index in [2.05, 4.69) is 10.6 Å². The number of ketones is 2. The van der Waals surface area contributed by atoms with Gasteiger partial charge in [0.05, 0.1) is 63.2 Å². The summed E-state index contributed by atoms with van der Waals surface area (Å²) < 4.78 is 27.1. The molecule has 0 fully saturated rings. The average molecular weight is 739 g/mol. The van der Waals surface area contributed by atoms with Gasteiger partial charge in [0.15, 0.2) is 6.10 Å². The summed E-state index contributed by atoms with van der Waals surface area (Å²) in [6.45, 7) is 7.78. The van der Waals surface area contributed by atoms with Gasteiger partial charge < -0.3 is 61.1 Å². The van der Waals surface area contributed by atoms with E-state index in [4.69, 9.17) is 45.4 Å². The van der Waals surface area contributed by atoms with E-state index in [9.17, 15) is 24.3 Å². The van der Waals surface area contributed by atoms with Gasteiger partial charge in [-0.3, -0.25) is 14.4 Å². The number of methoxy groups -OCH3 is 2. The van der Waals surface area contributed by atoms with Gasteiger partial charge in [-0.15, -0.1) is 0 Å². The normalized spacial score (nSPS) is 17.8. The number of primary amides is 2. The number of Topliss-reactive ketones (excluding diaryl/α,β-unsaturated/α-hetero) is 1. The van der Waals surface area contributed by atoms with Crippen LogP contribution in [-0.2, 0) is 38.1 Å². The maximum atomic E-state index is 13.6. The molecule has 0 aromatic rings. The Bertz CT molecular complexity index is 1330. The molecule has 16 heteroatoms. The fraction of sp³-hybridized carbons (Fsp3) is 0.611. The summed E-state index contributed by atoms with van der Waals surface area (Å²) >= 11 is 0. The minimum Gasteiger partial charge on any atom is -0.439 e. The van der Waals surface area contributed by atoms with Crippen molar-refractivity contribution < 1.29 is 58.2 Å². The van der Waals surface area contributed by atoms with Gasteiger partial charge in [0.25, 0.3) is 0 Å². The Kier molecular flexibility index (Phi) is 22.3. The van der Waals surface area contributed by atoms with Gasteiger partial charge in [0.1, 0.15) is 6.10 Å². The molecular weight excluding hydrogens is 680 g/mol. The molecule has 52 heavy (non-hydrogen) atoms. The van der Waals surface area contributed by atoms with Crippen molar-refractivity contribution in [3.63, 3.8) is 0 Å². The van der Waals surface area contributed by atoms with Gasteiger partial charge in [0, 0.05) is 50.4 Å². The zero-order valence-corrected chi connectivity index (χ0v) is 31.1. The van der Waals surface area contributed by atoms with Crippen LogP contribution in [0.1, 0.15) is 40.5 Å². The number of aliphatic hydroxyl groups is 3. The predicted molar refractivity (Wildman–Crippen MR) is 192 cm³/mol. The first-order valence-electron chi connectivity index (χ1n) is 17.1. The number of rotatable bonds is 27. The molecule has 6 atom stereocenters. The lowest BCUT2D eigenvalue weighted by Gasteiger charge is -2.30. The number of nitrogens with one attached hydrogen (secondary N) is 2. The lowest BCUT2D eigenvalue weighted by atomic mass is 9.85. The van der Waals surface area contributed by atoms with E-state index < -0.39 is 48.1 Å². The van der Waals surface area contributed by atoms with Crippen LogP contribution in [0.15, 0.2) is 58.5 Å². The molecule has 1 rings (SSSR count). The maximum Gasteiger partial charge on any atom is 0.405 e. The molecule has 0 aliphatic heterocycles. The standard InChI is InChI=1S/C36H58N4O12/c1-22(18-26-31(40-11-15-51-17-13-42)28(43)21-27(33(26)45)39-10-14-50-16-12-41)19-30(49-6)32(44)24(3)20-25(4)34(52-36(38)47)29(48-5)9-7-8-23(2)35(37)46/h7-9,20-22,24,29-30,32,34,39-42,44H,10-19H2,1-6H3,(H2,37,46)(H2,38,47)/b9-7+,23-8-,25-20+/t22-,24+,29+,30+,32-,34+/m1/s1. The number of hydrogen-bond donors (Lipinski definition) is 7. The van der Waals surface area contributed by atoms with Gasteiger partial charge in [-0.25, -0.2) is 4.79 Å². The van der Waals surface area contributed by atoms with Crippen LogP contribution >= 0.6 is 0 Å². The first-order valence-corrected chi connectivity index (χ1v) is 17.1. The number of carbonyl (C=O) groups is 4. The third kappa shape index (κ3) is 16.2. The van der Waals surface area contributed by atoms with E-state index in [1.807, 2.05) is 6.92 Å². The lowest BCUT2D eigenvalue weighted by Crippen LogP contribution is -2.38. The average Bonchev–Trinajstić information content (AvgIpc) is 3.10. The molecule has 0 bridgehead atoms. The second-order valence-corrected chi connectivity index (χ2v) is 12.4. The Hall–Kier alpha value is -3.90. The topological polar surface area (TPSA) is 251 Å². The zero-order valence-electron chi connectivity index (χ0n) is 31.1. The van der Waals surface area contributed by atoms with E-state index in [0.29, 0.717) is 17.6 Å². The molecular formula is C36H58N4O12. The van der Waals surface area contributed by atoms with Crippen LogP contribution in [0.2, 0.25) is 0 Å². The third-order valence-electron chi connectivity index (χ3n) is 8.16. The molecule has 16 nitrogen and oxygen atoms in total. The summed E-state index contributed by atoms with van der Waals surface area (Å²) in [5.41, 5.74) is 12.0. The van der Waals surface area contributed by atoms with Crippen LogP contribution in [0.5, 0.6) is 0 Å². The Balaban J connectivity index is 3.20. The molecule has 0 aromatic heterocycles. The van der Waals surface area contributed by atoms with E-state index in [-0.39, 0.29) is 87.8 Å². The smallest absolute Gasteiger partial charge is 0.405 e. The van der Waals surface area contributed by atoms with Crippen molar-refractivity contribution in [2.24, 2.45) is 23.3 Å². The van der Waals surface area contributed by atoms with E-state index in [1.54, 1.807) is 39.0 Å². The van der Waals surface area contributed by atoms with Gasteiger partial charge in [0.2, 0.25) is 17.5 Å². The van der Waals surface area contributed by atoms with Crippen molar-refractivity contribution in [2.45, 2.75) is 65.0 Å². The van der Waals surface area contributed by atoms with Crippen LogP contribution in [0.25, 0.3) is 0 Å². The number of allylic oxidation sites excluding steroid dienone is 4. The summed E-state index contributed by atoms with van der Waals surface area (Å²) in [6.07, 6.45) is 3.54. The van der Waals surface area contributed by atoms with Gasteiger partial charge in [-0.1, -0.05) is 38.2 Å². The molecule has 0 spiro atoms. The second kappa shape index (κ2) is 25.1. The van der Waals surface area contributed by atoms with Crippen molar-refractivity contribution in [2.75, 3.05) is 67.0 Å². The van der Waals surface area contributed by atoms with Crippen molar-refractivity contribution >= 4 is 23.6 Å². The van der Waals surface area contributed by atoms with Crippen molar-refractivity contribution in [3.8, 4) is 0 Å². The maximum absolute atomic E-state index is 13.6. The Morgan fingerprint density at radius 3 is 2.10 bits per heavy atom. The largest absolute Gasteiger partial charge is 0.439 e. The molecule has 9 N–H and O–H groups in total. The number of ether oxygens (including phenoxy) is 5. The number of hydrogen-bond acceptors (Lipinski definition) is 14. The molecule has 1 aliphatic rings. The number of carbonyl (C=O) groups excluding carboxylic acids is 4. The predicted octanol–water partition coefficient (Wildman–Crippen LogP) is 0.315. The minimum absolute atomic E-state index is 0.121. The molecule has 0 aromatic carbocycles. The molecule has 0 radical (unpaired) electrons. The Morgan fingerprint density at radius 2 is 1.56 bits per heavy atom. The summed E-state index contributed by atoms with van der Waals surface area (Å²) in [4.78, 5) is 50.0. The molecule has 1 aliphatic carbocycles. The quantitative estimate of drug-likeness (QED) is 0.0197. The lowest BCUT2D eigenvalue weighted by molar-refractivity contribution is -0.116. The highest BCUT2D eigenvalue weighted by Crippen LogP contribution is 2.28. The van der Waals surface area contributed by atoms with Gasteiger partial charge in [-0.2, -0.15) is 0 Å². The third-order valence-corrected chi connectivity index (χ3v) is 8.16. The zero-order chi connectivity index (χ0) is 39.2. The van der Waals surface area contributed by atoms with E-state index >= 15 is 0 Å². The molecule has 0 unspecified atom stereocenters. The molecule has 294 valence electrons. The Labute approximate surface area is 305 Å². The van der Waals surface area contributed by atoms with E-state index in [1.165, 1.54) is 26.4 Å². The molecule has 0 saturated heterocycles. The van der Waals surface area contributed by atoms with Crippen LogP contribution in [0.4, 0.5) is 4.79 Å². The molecule has 0 heterocycles. The highest BCUT2D eigenvalue weighted by atomic mass is 16.6. The van der Waals surface area contributed by atoms with Crippen molar-refractivity contribution in [1.82, 2.24) is 10.6 Å². The fourth-order valence-electron chi connectivity index (χ4n) is 5.44. The van der Waals surface area contributed by atoms with Crippen molar-refractivity contribution in [1.29, 1.82) is 0 Å². The number of aliphatic hydroxyl groups excluding tert-OH is 3. The fourth-order valence-corrected chi connectivity index (χ4v) is 5.44. The minimum atomic E-state index is -1.04. The molecule has 2 amide bonds.